The molecule has 120 valence electrons. The second-order valence-electron chi connectivity index (χ2n) is 5.34. The first kappa shape index (κ1) is 16.3. The Morgan fingerprint density at radius 1 is 1.22 bits per heavy atom. The molecule has 0 saturated carbocycles. The minimum absolute atomic E-state index is 0.0354. The Morgan fingerprint density at radius 3 is 2.87 bits per heavy atom. The van der Waals surface area contributed by atoms with Crippen LogP contribution in [0.5, 0.6) is 0 Å². The molecule has 0 unspecified atom stereocenters. The zero-order valence-electron chi connectivity index (χ0n) is 12.7. The lowest BCUT2D eigenvalue weighted by Gasteiger charge is -2.18. The van der Waals surface area contributed by atoms with Crippen molar-refractivity contribution in [3.8, 4) is 0 Å². The molecule has 0 N–H and O–H groups in total. The van der Waals surface area contributed by atoms with Gasteiger partial charge in [0.25, 0.3) is 0 Å². The van der Waals surface area contributed by atoms with Crippen LogP contribution < -0.4 is 0 Å². The molecular weight excluding hydrogens is 329 g/mol. The average Bonchev–Trinajstić information content (AvgIpc) is 2.96. The lowest BCUT2D eigenvalue weighted by molar-refractivity contribution is -0.125. The summed E-state index contributed by atoms with van der Waals surface area (Å²) in [5.74, 6) is 0.716. The maximum Gasteiger partial charge on any atom is 0.246 e. The van der Waals surface area contributed by atoms with Gasteiger partial charge in [-0.15, -0.1) is 11.3 Å². The van der Waals surface area contributed by atoms with Crippen molar-refractivity contribution in [2.75, 3.05) is 18.8 Å². The van der Waals surface area contributed by atoms with Crippen molar-refractivity contribution >= 4 is 35.1 Å². The van der Waals surface area contributed by atoms with Gasteiger partial charge in [-0.2, -0.15) is 11.8 Å². The van der Waals surface area contributed by atoms with Crippen LogP contribution in [-0.4, -0.2) is 29.6 Å². The van der Waals surface area contributed by atoms with Gasteiger partial charge in [0, 0.05) is 40.6 Å². The van der Waals surface area contributed by atoms with E-state index in [2.05, 4.69) is 0 Å². The third kappa shape index (κ3) is 4.24. The van der Waals surface area contributed by atoms with Crippen LogP contribution >= 0.6 is 23.1 Å². The van der Waals surface area contributed by atoms with Crippen LogP contribution in [0.15, 0.2) is 47.9 Å². The zero-order chi connectivity index (χ0) is 16.1. The molecule has 1 aromatic heterocycles. The summed E-state index contributed by atoms with van der Waals surface area (Å²) in [7, 11) is 0. The van der Waals surface area contributed by atoms with Crippen LogP contribution in [0.3, 0.4) is 0 Å². The van der Waals surface area contributed by atoms with E-state index >= 15 is 0 Å². The van der Waals surface area contributed by atoms with Gasteiger partial charge in [-0.1, -0.05) is 24.3 Å². The minimum Gasteiger partial charge on any atom is -0.338 e. The number of hydrogen-bond donors (Lipinski definition) is 0. The highest BCUT2D eigenvalue weighted by Gasteiger charge is 2.22. The van der Waals surface area contributed by atoms with Crippen LogP contribution in [-0.2, 0) is 4.79 Å². The third-order valence-corrected chi connectivity index (χ3v) is 5.99. The van der Waals surface area contributed by atoms with Gasteiger partial charge < -0.3 is 4.90 Å². The van der Waals surface area contributed by atoms with Crippen LogP contribution in [0.1, 0.15) is 22.1 Å². The summed E-state index contributed by atoms with van der Waals surface area (Å²) in [5, 5.41) is 2.11. The van der Waals surface area contributed by atoms with Crippen molar-refractivity contribution < 1.29 is 9.18 Å². The first-order valence-electron chi connectivity index (χ1n) is 7.60. The van der Waals surface area contributed by atoms with E-state index in [9.17, 15) is 9.18 Å². The Kier molecular flexibility index (Phi) is 5.51. The average molecular weight is 347 g/mol. The molecule has 23 heavy (non-hydrogen) atoms. The number of thiophene rings is 1. The quantitative estimate of drug-likeness (QED) is 0.756. The van der Waals surface area contributed by atoms with Gasteiger partial charge in [0.1, 0.15) is 5.82 Å². The van der Waals surface area contributed by atoms with Crippen LogP contribution in [0, 0.1) is 5.82 Å². The summed E-state index contributed by atoms with van der Waals surface area (Å²) >= 11 is 3.34. The molecule has 1 aromatic carbocycles. The van der Waals surface area contributed by atoms with Crippen LogP contribution in [0.25, 0.3) is 6.08 Å². The van der Waals surface area contributed by atoms with E-state index in [4.69, 9.17) is 0 Å². The van der Waals surface area contributed by atoms with E-state index < -0.39 is 0 Å². The summed E-state index contributed by atoms with van der Waals surface area (Å²) in [5.41, 5.74) is 0.751. The molecule has 1 aliphatic rings. The molecule has 2 aromatic rings. The monoisotopic (exact) mass is 347 g/mol. The predicted octanol–water partition coefficient (Wildman–Crippen LogP) is 4.61. The summed E-state index contributed by atoms with van der Waals surface area (Å²) in [4.78, 5) is 15.3. The fraction of sp³-hybridized carbons (Fsp3) is 0.278. The largest absolute Gasteiger partial charge is 0.338 e. The van der Waals surface area contributed by atoms with Crippen molar-refractivity contribution in [3.63, 3.8) is 0 Å². The van der Waals surface area contributed by atoms with Crippen LogP contribution in [0.2, 0.25) is 0 Å². The Hall–Kier alpha value is -1.59. The molecule has 3 rings (SSSR count). The number of benzene rings is 1. The van der Waals surface area contributed by atoms with Gasteiger partial charge in [-0.25, -0.2) is 4.39 Å². The van der Waals surface area contributed by atoms with Gasteiger partial charge in [0.2, 0.25) is 5.91 Å². The first-order valence-corrected chi connectivity index (χ1v) is 9.53. The molecule has 1 saturated heterocycles. The first-order chi connectivity index (χ1) is 11.2. The summed E-state index contributed by atoms with van der Waals surface area (Å²) in [6.45, 7) is 1.38. The standard InChI is InChI=1S/C18H18FNOS2/c19-16-6-2-1-5-15(16)17-9-10-20(11-13-23-17)18(21)8-7-14-4-3-12-22-14/h1-8,12,17H,9-11,13H2/b8-7+/t17-/m0/s1. The lowest BCUT2D eigenvalue weighted by Crippen LogP contribution is -2.31. The van der Waals surface area contributed by atoms with Crippen molar-refractivity contribution in [2.24, 2.45) is 0 Å². The third-order valence-electron chi connectivity index (χ3n) is 3.84. The molecule has 5 heteroatoms. The molecule has 1 aliphatic heterocycles. The molecule has 0 spiro atoms. The fourth-order valence-corrected chi connectivity index (χ4v) is 4.49. The van der Waals surface area contributed by atoms with Crippen molar-refractivity contribution in [3.05, 3.63) is 64.1 Å². The van der Waals surface area contributed by atoms with E-state index in [-0.39, 0.29) is 17.0 Å². The van der Waals surface area contributed by atoms with E-state index in [1.165, 1.54) is 6.07 Å². The Labute approximate surface area is 144 Å². The summed E-state index contributed by atoms with van der Waals surface area (Å²) in [6.07, 6.45) is 4.28. The number of nitrogens with zero attached hydrogens (tertiary/aromatic N) is 1. The molecule has 1 fully saturated rings. The topological polar surface area (TPSA) is 20.3 Å². The number of amides is 1. The van der Waals surface area contributed by atoms with E-state index in [0.29, 0.717) is 13.1 Å². The molecular formula is C18H18FNOS2. The number of halogens is 1. The zero-order valence-corrected chi connectivity index (χ0v) is 14.3. The van der Waals surface area contributed by atoms with Crippen molar-refractivity contribution in [2.45, 2.75) is 11.7 Å². The van der Waals surface area contributed by atoms with Gasteiger partial charge in [0.05, 0.1) is 0 Å². The van der Waals surface area contributed by atoms with E-state index in [0.717, 1.165) is 22.6 Å². The van der Waals surface area contributed by atoms with Gasteiger partial charge in [-0.3, -0.25) is 4.79 Å². The minimum atomic E-state index is -0.151. The Balaban J connectivity index is 1.62. The number of rotatable bonds is 3. The SMILES string of the molecule is O=C(/C=C/c1cccs1)N1CCS[C@H](c2ccccc2F)CC1. The van der Waals surface area contributed by atoms with Gasteiger partial charge in [0.15, 0.2) is 0 Å². The summed E-state index contributed by atoms with van der Waals surface area (Å²) < 4.78 is 13.9. The van der Waals surface area contributed by atoms with Gasteiger partial charge in [-0.05, 0) is 30.0 Å². The molecule has 0 aliphatic carbocycles. The Bertz CT molecular complexity index is 684. The second-order valence-corrected chi connectivity index (χ2v) is 7.63. The summed E-state index contributed by atoms with van der Waals surface area (Å²) in [6, 6.07) is 10.9. The fourth-order valence-electron chi connectivity index (χ4n) is 2.62. The maximum atomic E-state index is 13.9. The van der Waals surface area contributed by atoms with Crippen molar-refractivity contribution in [1.29, 1.82) is 0 Å². The molecule has 1 amide bonds. The predicted molar refractivity (Wildman–Crippen MR) is 96.1 cm³/mol. The molecule has 2 heterocycles. The number of thioether (sulfide) groups is 1. The highest BCUT2D eigenvalue weighted by atomic mass is 32.2. The number of carbonyl (C=O) groups is 1. The molecule has 0 bridgehead atoms. The number of hydrogen-bond acceptors (Lipinski definition) is 3. The van der Waals surface area contributed by atoms with Crippen molar-refractivity contribution in [1.82, 2.24) is 4.90 Å². The lowest BCUT2D eigenvalue weighted by atomic mass is 10.1. The highest BCUT2D eigenvalue weighted by molar-refractivity contribution is 7.99. The highest BCUT2D eigenvalue weighted by Crippen LogP contribution is 2.35. The Morgan fingerprint density at radius 2 is 2.09 bits per heavy atom. The molecule has 2 nitrogen and oxygen atoms in total. The second kappa shape index (κ2) is 7.79. The smallest absolute Gasteiger partial charge is 0.246 e. The maximum absolute atomic E-state index is 13.9. The molecule has 0 radical (unpaired) electrons. The van der Waals surface area contributed by atoms with Gasteiger partial charge >= 0.3 is 0 Å². The van der Waals surface area contributed by atoms with E-state index in [1.807, 2.05) is 40.6 Å². The van der Waals surface area contributed by atoms with Crippen LogP contribution in [0.4, 0.5) is 4.39 Å². The van der Waals surface area contributed by atoms with E-state index in [1.54, 1.807) is 35.2 Å². The normalized spacial score (nSPS) is 19.0. The number of carbonyl (C=O) groups excluding carboxylic acids is 1. The molecule has 1 atom stereocenters.